The maximum Gasteiger partial charge on any atom is 0.443 e. The molecule has 3 nitrogen and oxygen atoms in total. The van der Waals surface area contributed by atoms with Crippen LogP contribution in [0.25, 0.3) is 21.7 Å². The number of thiol groups is 1. The number of thiazole rings is 1. The second kappa shape index (κ2) is 7.16. The molecule has 3 aromatic rings. The summed E-state index contributed by atoms with van der Waals surface area (Å²) in [4.78, 5) is 3.99. The SMILES string of the molecule is O=[SH](=O)Cc1ccc(-c2nc(C(F)(F)F)sc2-c2ccc(F)cc2)cc1. The first-order valence-electron chi connectivity index (χ1n) is 7.29. The highest BCUT2D eigenvalue weighted by Crippen LogP contribution is 2.42. The van der Waals surface area contributed by atoms with Crippen molar-refractivity contribution in [2.45, 2.75) is 11.9 Å². The van der Waals surface area contributed by atoms with Crippen LogP contribution in [0.4, 0.5) is 17.6 Å². The van der Waals surface area contributed by atoms with E-state index in [2.05, 4.69) is 4.98 Å². The molecule has 1 aromatic heterocycles. The van der Waals surface area contributed by atoms with Crippen LogP contribution in [-0.2, 0) is 22.6 Å². The van der Waals surface area contributed by atoms with Gasteiger partial charge in [0.15, 0.2) is 5.01 Å². The maximum absolute atomic E-state index is 13.1. The zero-order chi connectivity index (χ0) is 18.9. The minimum atomic E-state index is -4.60. The predicted octanol–water partition coefficient (Wildman–Crippen LogP) is 4.75. The molecule has 0 saturated heterocycles. The Labute approximate surface area is 151 Å². The molecule has 0 amide bonds. The van der Waals surface area contributed by atoms with Crippen molar-refractivity contribution in [3.05, 3.63) is 64.9 Å². The first kappa shape index (κ1) is 18.5. The Hall–Kier alpha value is -2.26. The van der Waals surface area contributed by atoms with Crippen molar-refractivity contribution in [2.24, 2.45) is 0 Å². The zero-order valence-electron chi connectivity index (χ0n) is 13.0. The van der Waals surface area contributed by atoms with Gasteiger partial charge in [0.25, 0.3) is 0 Å². The number of aromatic nitrogens is 1. The van der Waals surface area contributed by atoms with Gasteiger partial charge in [-0.25, -0.2) is 17.8 Å². The number of benzene rings is 2. The minimum absolute atomic E-state index is 0.118. The lowest BCUT2D eigenvalue weighted by Crippen LogP contribution is -2.03. The molecular formula is C17H11F4NO2S2. The molecule has 0 saturated carbocycles. The average Bonchev–Trinajstić information content (AvgIpc) is 3.01. The van der Waals surface area contributed by atoms with Crippen molar-refractivity contribution in [3.63, 3.8) is 0 Å². The lowest BCUT2D eigenvalue weighted by atomic mass is 10.1. The lowest BCUT2D eigenvalue weighted by molar-refractivity contribution is -0.137. The minimum Gasteiger partial charge on any atom is -0.232 e. The van der Waals surface area contributed by atoms with Crippen LogP contribution in [0, 0.1) is 5.82 Å². The van der Waals surface area contributed by atoms with E-state index in [-0.39, 0.29) is 16.3 Å². The second-order valence-electron chi connectivity index (χ2n) is 5.39. The van der Waals surface area contributed by atoms with Crippen LogP contribution in [-0.4, -0.2) is 13.4 Å². The quantitative estimate of drug-likeness (QED) is 0.507. The van der Waals surface area contributed by atoms with Crippen LogP contribution in [0.5, 0.6) is 0 Å². The molecule has 0 radical (unpaired) electrons. The van der Waals surface area contributed by atoms with E-state index in [9.17, 15) is 26.0 Å². The van der Waals surface area contributed by atoms with E-state index in [0.717, 1.165) is 0 Å². The molecule has 26 heavy (non-hydrogen) atoms. The van der Waals surface area contributed by atoms with Crippen LogP contribution >= 0.6 is 11.3 Å². The van der Waals surface area contributed by atoms with Gasteiger partial charge in [-0.05, 0) is 23.3 Å². The Morgan fingerprint density at radius 3 is 2.04 bits per heavy atom. The van der Waals surface area contributed by atoms with Gasteiger partial charge in [0.2, 0.25) is 0 Å². The summed E-state index contributed by atoms with van der Waals surface area (Å²) >= 11 is 0.480. The third-order valence-corrected chi connectivity index (χ3v) is 5.29. The fraction of sp³-hybridized carbons (Fsp3) is 0.118. The number of hydrogen-bond donors (Lipinski definition) is 1. The molecule has 0 N–H and O–H groups in total. The lowest BCUT2D eigenvalue weighted by Gasteiger charge is -2.04. The number of nitrogens with zero attached hydrogens (tertiary/aromatic N) is 1. The van der Waals surface area contributed by atoms with Gasteiger partial charge < -0.3 is 0 Å². The summed E-state index contributed by atoms with van der Waals surface area (Å²) < 4.78 is 74.0. The van der Waals surface area contributed by atoms with E-state index in [1.807, 2.05) is 0 Å². The summed E-state index contributed by atoms with van der Waals surface area (Å²) in [5.74, 6) is -0.641. The molecule has 3 rings (SSSR count). The van der Waals surface area contributed by atoms with Gasteiger partial charge in [-0.1, -0.05) is 36.4 Å². The monoisotopic (exact) mass is 401 g/mol. The van der Waals surface area contributed by atoms with E-state index in [1.165, 1.54) is 48.5 Å². The standard InChI is InChI=1S/C17H11F4NO2S2/c18-13-7-5-12(6-8-13)15-14(22-16(25-15)17(19,20)21)11-3-1-10(2-4-11)9-26(23)24/h1-8,26H,9H2. The third kappa shape index (κ3) is 4.10. The molecule has 0 atom stereocenters. The van der Waals surface area contributed by atoms with Gasteiger partial charge in [0, 0.05) is 5.56 Å². The summed E-state index contributed by atoms with van der Waals surface area (Å²) in [5, 5.41) is -1.00. The van der Waals surface area contributed by atoms with E-state index >= 15 is 0 Å². The second-order valence-corrected chi connectivity index (χ2v) is 7.37. The molecule has 136 valence electrons. The molecule has 9 heteroatoms. The largest absolute Gasteiger partial charge is 0.443 e. The van der Waals surface area contributed by atoms with Crippen molar-refractivity contribution in [2.75, 3.05) is 0 Å². The molecule has 0 aliphatic heterocycles. The highest BCUT2D eigenvalue weighted by Gasteiger charge is 2.36. The van der Waals surface area contributed by atoms with Gasteiger partial charge in [0.1, 0.15) is 16.5 Å². The maximum atomic E-state index is 13.1. The summed E-state index contributed by atoms with van der Waals surface area (Å²) in [5.41, 5.74) is 1.48. The van der Waals surface area contributed by atoms with Crippen molar-refractivity contribution >= 4 is 22.0 Å². The highest BCUT2D eigenvalue weighted by atomic mass is 32.2. The molecule has 0 aliphatic carbocycles. The normalized spacial score (nSPS) is 11.9. The van der Waals surface area contributed by atoms with Crippen LogP contribution in [0.2, 0.25) is 0 Å². The van der Waals surface area contributed by atoms with Gasteiger partial charge in [-0.15, -0.1) is 11.3 Å². The number of rotatable bonds is 4. The van der Waals surface area contributed by atoms with E-state index in [0.29, 0.717) is 28.0 Å². The van der Waals surface area contributed by atoms with E-state index in [4.69, 9.17) is 0 Å². The molecule has 0 spiro atoms. The predicted molar refractivity (Wildman–Crippen MR) is 92.0 cm³/mol. The molecular weight excluding hydrogens is 390 g/mol. The molecule has 0 fully saturated rings. The van der Waals surface area contributed by atoms with Crippen LogP contribution in [0.3, 0.4) is 0 Å². The van der Waals surface area contributed by atoms with Gasteiger partial charge >= 0.3 is 6.18 Å². The molecule has 2 aromatic carbocycles. The Morgan fingerprint density at radius 1 is 0.923 bits per heavy atom. The number of hydrogen-bond acceptors (Lipinski definition) is 4. The first-order valence-corrected chi connectivity index (χ1v) is 9.47. The average molecular weight is 401 g/mol. The number of alkyl halides is 3. The van der Waals surface area contributed by atoms with E-state index < -0.39 is 27.7 Å². The zero-order valence-corrected chi connectivity index (χ0v) is 14.7. The summed E-state index contributed by atoms with van der Waals surface area (Å²) in [6, 6.07) is 11.2. The first-order chi connectivity index (χ1) is 12.2. The molecule has 0 aliphatic rings. The summed E-state index contributed by atoms with van der Waals surface area (Å²) in [6.07, 6.45) is -4.60. The number of halogens is 4. The van der Waals surface area contributed by atoms with Crippen LogP contribution < -0.4 is 0 Å². The molecule has 0 bridgehead atoms. The highest BCUT2D eigenvalue weighted by molar-refractivity contribution is 7.71. The Kier molecular flexibility index (Phi) is 5.10. The third-order valence-electron chi connectivity index (χ3n) is 3.52. The van der Waals surface area contributed by atoms with Gasteiger partial charge in [-0.3, -0.25) is 0 Å². The topological polar surface area (TPSA) is 47.0 Å². The van der Waals surface area contributed by atoms with Gasteiger partial charge in [-0.2, -0.15) is 13.2 Å². The van der Waals surface area contributed by atoms with Gasteiger partial charge in [0.05, 0.1) is 16.3 Å². The smallest absolute Gasteiger partial charge is 0.232 e. The summed E-state index contributed by atoms with van der Waals surface area (Å²) in [6.45, 7) is 0. The van der Waals surface area contributed by atoms with Crippen LogP contribution in [0.1, 0.15) is 10.6 Å². The van der Waals surface area contributed by atoms with Crippen LogP contribution in [0.15, 0.2) is 48.5 Å². The summed E-state index contributed by atoms with van der Waals surface area (Å²) in [7, 11) is -2.60. The Morgan fingerprint density at radius 2 is 1.50 bits per heavy atom. The van der Waals surface area contributed by atoms with E-state index in [1.54, 1.807) is 0 Å². The van der Waals surface area contributed by atoms with Crippen molar-refractivity contribution in [3.8, 4) is 21.7 Å². The molecule has 0 unspecified atom stereocenters. The Bertz CT molecular complexity index is 983. The van der Waals surface area contributed by atoms with Crippen molar-refractivity contribution in [1.82, 2.24) is 4.98 Å². The van der Waals surface area contributed by atoms with Crippen molar-refractivity contribution in [1.29, 1.82) is 0 Å². The van der Waals surface area contributed by atoms with Crippen molar-refractivity contribution < 1.29 is 26.0 Å². The fourth-order valence-electron chi connectivity index (χ4n) is 2.35. The molecule has 1 heterocycles. The Balaban J connectivity index is 2.10. The fourth-order valence-corrected chi connectivity index (χ4v) is 3.82.